The molecule has 2 aromatic carbocycles. The Morgan fingerprint density at radius 1 is 1.12 bits per heavy atom. The number of rotatable bonds is 3. The quantitative estimate of drug-likeness (QED) is 0.683. The molecule has 0 N–H and O–H groups in total. The van der Waals surface area contributed by atoms with Crippen molar-refractivity contribution in [2.75, 3.05) is 12.0 Å². The number of hydrogen-bond acceptors (Lipinski definition) is 4. The molecule has 1 fully saturated rings. The molecule has 0 saturated carbocycles. The fraction of sp³-hybridized carbons (Fsp3) is 0.0588. The molecular formula is C17H11Cl2NO3S. The van der Waals surface area contributed by atoms with Gasteiger partial charge in [-0.15, -0.1) is 0 Å². The van der Waals surface area contributed by atoms with Crippen molar-refractivity contribution in [3.63, 3.8) is 0 Å². The minimum Gasteiger partial charge on any atom is -0.495 e. The van der Waals surface area contributed by atoms with Crippen LogP contribution >= 0.6 is 35.0 Å². The highest BCUT2D eigenvalue weighted by molar-refractivity contribution is 8.19. The molecule has 0 unspecified atom stereocenters. The number of amides is 2. The van der Waals surface area contributed by atoms with Gasteiger partial charge in [0.05, 0.1) is 17.7 Å². The van der Waals surface area contributed by atoms with Crippen LogP contribution in [0.3, 0.4) is 0 Å². The van der Waals surface area contributed by atoms with Crippen molar-refractivity contribution in [3.8, 4) is 5.75 Å². The molecule has 122 valence electrons. The Morgan fingerprint density at radius 3 is 2.58 bits per heavy atom. The number of benzene rings is 2. The van der Waals surface area contributed by atoms with E-state index < -0.39 is 5.91 Å². The Kier molecular flexibility index (Phi) is 4.85. The summed E-state index contributed by atoms with van der Waals surface area (Å²) in [6, 6.07) is 11.8. The number of halogens is 2. The number of anilines is 1. The number of ether oxygens (including phenoxy) is 1. The summed E-state index contributed by atoms with van der Waals surface area (Å²) in [6.45, 7) is 0. The molecule has 1 saturated heterocycles. The lowest BCUT2D eigenvalue weighted by Gasteiger charge is -2.15. The molecule has 1 aliphatic rings. The van der Waals surface area contributed by atoms with Crippen LogP contribution in [0.25, 0.3) is 6.08 Å². The summed E-state index contributed by atoms with van der Waals surface area (Å²) in [5.74, 6) is 0.0334. The average molecular weight is 380 g/mol. The first-order valence-electron chi connectivity index (χ1n) is 6.87. The second kappa shape index (κ2) is 6.89. The Balaban J connectivity index is 1.99. The third-order valence-corrected chi connectivity index (χ3v) is 4.80. The minimum absolute atomic E-state index is 0.287. The van der Waals surface area contributed by atoms with Crippen LogP contribution in [0, 0.1) is 0 Å². The minimum atomic E-state index is -0.416. The molecule has 24 heavy (non-hydrogen) atoms. The van der Waals surface area contributed by atoms with Crippen molar-refractivity contribution >= 4 is 57.9 Å². The van der Waals surface area contributed by atoms with E-state index in [-0.39, 0.29) is 10.1 Å². The van der Waals surface area contributed by atoms with Gasteiger partial charge in [0.15, 0.2) is 0 Å². The zero-order valence-electron chi connectivity index (χ0n) is 12.5. The number of thioether (sulfide) groups is 1. The molecular weight excluding hydrogens is 369 g/mol. The number of carbonyl (C=O) groups is 2. The van der Waals surface area contributed by atoms with Gasteiger partial charge in [0.25, 0.3) is 11.1 Å². The van der Waals surface area contributed by atoms with Crippen LogP contribution in [-0.4, -0.2) is 18.3 Å². The zero-order valence-corrected chi connectivity index (χ0v) is 14.8. The summed E-state index contributed by atoms with van der Waals surface area (Å²) in [7, 11) is 1.49. The van der Waals surface area contributed by atoms with E-state index in [0.29, 0.717) is 27.0 Å². The molecule has 1 aliphatic heterocycles. The summed E-state index contributed by atoms with van der Waals surface area (Å²) in [6.07, 6.45) is 1.58. The maximum atomic E-state index is 12.7. The summed E-state index contributed by atoms with van der Waals surface area (Å²) in [5.41, 5.74) is 1.03. The Bertz CT molecular complexity index is 867. The number of para-hydroxylation sites is 2. The third-order valence-electron chi connectivity index (χ3n) is 3.37. The van der Waals surface area contributed by atoms with E-state index in [1.165, 1.54) is 7.11 Å². The number of imide groups is 1. The van der Waals surface area contributed by atoms with Crippen LogP contribution in [0.4, 0.5) is 10.5 Å². The van der Waals surface area contributed by atoms with Crippen molar-refractivity contribution in [3.05, 3.63) is 63.0 Å². The van der Waals surface area contributed by atoms with Crippen molar-refractivity contribution in [1.82, 2.24) is 0 Å². The fourth-order valence-corrected chi connectivity index (χ4v) is 3.54. The lowest BCUT2D eigenvalue weighted by Crippen LogP contribution is -2.28. The molecule has 0 aromatic heterocycles. The van der Waals surface area contributed by atoms with E-state index in [9.17, 15) is 9.59 Å². The molecule has 3 rings (SSSR count). The second-order valence-electron chi connectivity index (χ2n) is 4.85. The predicted octanol–water partition coefficient (Wildman–Crippen LogP) is 5.24. The van der Waals surface area contributed by atoms with Crippen LogP contribution < -0.4 is 9.64 Å². The molecule has 0 bridgehead atoms. The third kappa shape index (κ3) is 3.15. The van der Waals surface area contributed by atoms with E-state index in [4.69, 9.17) is 27.9 Å². The number of methoxy groups -OCH3 is 1. The first-order chi connectivity index (χ1) is 11.5. The molecule has 0 atom stereocenters. The van der Waals surface area contributed by atoms with Gasteiger partial charge in [0, 0.05) is 10.0 Å². The fourth-order valence-electron chi connectivity index (χ4n) is 2.25. The standard InChI is InChI=1S/C17H11Cl2NO3S/c1-23-14-5-3-2-4-13(14)20-16(21)15(24-17(20)22)8-10-6-7-11(18)9-12(10)19/h2-9H,1H3/b15-8-. The number of hydrogen-bond donors (Lipinski definition) is 0. The largest absolute Gasteiger partial charge is 0.495 e. The number of nitrogens with zero attached hydrogens (tertiary/aromatic N) is 1. The van der Waals surface area contributed by atoms with Crippen LogP contribution in [-0.2, 0) is 4.79 Å². The topological polar surface area (TPSA) is 46.6 Å². The summed E-state index contributed by atoms with van der Waals surface area (Å²) >= 11 is 12.8. The second-order valence-corrected chi connectivity index (χ2v) is 6.69. The zero-order chi connectivity index (χ0) is 17.3. The van der Waals surface area contributed by atoms with Crippen LogP contribution in [0.15, 0.2) is 47.4 Å². The Morgan fingerprint density at radius 2 is 1.88 bits per heavy atom. The summed E-state index contributed by atoms with van der Waals surface area (Å²) in [4.78, 5) is 26.4. The van der Waals surface area contributed by atoms with Crippen molar-refractivity contribution in [2.24, 2.45) is 0 Å². The molecule has 1 heterocycles. The van der Waals surface area contributed by atoms with Crippen LogP contribution in [0.2, 0.25) is 10.0 Å². The van der Waals surface area contributed by atoms with Gasteiger partial charge in [0.2, 0.25) is 0 Å². The first-order valence-corrected chi connectivity index (χ1v) is 8.44. The van der Waals surface area contributed by atoms with Crippen molar-refractivity contribution in [2.45, 2.75) is 0 Å². The van der Waals surface area contributed by atoms with Gasteiger partial charge in [-0.1, -0.05) is 41.4 Å². The molecule has 0 radical (unpaired) electrons. The lowest BCUT2D eigenvalue weighted by atomic mass is 10.2. The highest BCUT2D eigenvalue weighted by Gasteiger charge is 2.37. The van der Waals surface area contributed by atoms with Gasteiger partial charge >= 0.3 is 0 Å². The SMILES string of the molecule is COc1ccccc1N1C(=O)S/C(=C\c2ccc(Cl)cc2Cl)C1=O. The van der Waals surface area contributed by atoms with Gasteiger partial charge in [-0.25, -0.2) is 4.90 Å². The van der Waals surface area contributed by atoms with Crippen molar-refractivity contribution < 1.29 is 14.3 Å². The van der Waals surface area contributed by atoms with E-state index >= 15 is 0 Å². The summed E-state index contributed by atoms with van der Waals surface area (Å²) < 4.78 is 5.23. The van der Waals surface area contributed by atoms with Gasteiger partial charge in [0.1, 0.15) is 5.75 Å². The predicted molar refractivity (Wildman–Crippen MR) is 97.9 cm³/mol. The molecule has 7 heteroatoms. The maximum absolute atomic E-state index is 12.7. The van der Waals surface area contributed by atoms with Gasteiger partial charge in [-0.3, -0.25) is 9.59 Å². The molecule has 2 aromatic rings. The normalized spacial score (nSPS) is 16.1. The van der Waals surface area contributed by atoms with Gasteiger partial charge in [-0.05, 0) is 47.7 Å². The maximum Gasteiger partial charge on any atom is 0.298 e. The highest BCUT2D eigenvalue weighted by Crippen LogP contribution is 2.40. The van der Waals surface area contributed by atoms with Gasteiger partial charge < -0.3 is 4.74 Å². The Labute approximate surface area is 153 Å². The lowest BCUT2D eigenvalue weighted by molar-refractivity contribution is -0.113. The van der Waals surface area contributed by atoms with E-state index in [1.807, 2.05) is 0 Å². The first kappa shape index (κ1) is 16.9. The highest BCUT2D eigenvalue weighted by atomic mass is 35.5. The molecule has 2 amide bonds. The van der Waals surface area contributed by atoms with E-state index in [1.54, 1.807) is 48.5 Å². The molecule has 4 nitrogen and oxygen atoms in total. The average Bonchev–Trinajstić information content (AvgIpc) is 2.84. The monoisotopic (exact) mass is 379 g/mol. The van der Waals surface area contributed by atoms with E-state index in [2.05, 4.69) is 0 Å². The molecule has 0 aliphatic carbocycles. The van der Waals surface area contributed by atoms with Crippen LogP contribution in [0.1, 0.15) is 5.56 Å². The summed E-state index contributed by atoms with van der Waals surface area (Å²) in [5, 5.41) is 0.520. The number of carbonyl (C=O) groups excluding carboxylic acids is 2. The van der Waals surface area contributed by atoms with Crippen LogP contribution in [0.5, 0.6) is 5.75 Å². The molecule has 0 spiro atoms. The smallest absolute Gasteiger partial charge is 0.298 e. The van der Waals surface area contributed by atoms with Crippen molar-refractivity contribution in [1.29, 1.82) is 0 Å². The Hall–Kier alpha value is -1.95. The van der Waals surface area contributed by atoms with Gasteiger partial charge in [-0.2, -0.15) is 0 Å². The van der Waals surface area contributed by atoms with E-state index in [0.717, 1.165) is 16.7 Å².